The SMILES string of the molecule is Cc1ccc([SH]2C=CC=C2)cc1. The third-order valence-electron chi connectivity index (χ3n) is 1.94. The number of aryl methyl sites for hydroxylation is 1. The largest absolute Gasteiger partial charge is 0.186 e. The molecule has 0 aromatic heterocycles. The molecule has 0 saturated carbocycles. The van der Waals surface area contributed by atoms with Crippen LogP contribution in [0.1, 0.15) is 5.56 Å². The van der Waals surface area contributed by atoms with Gasteiger partial charge in [-0.3, -0.25) is 0 Å². The lowest BCUT2D eigenvalue weighted by molar-refractivity contribution is 1.38. The number of allylic oxidation sites excluding steroid dienone is 2. The van der Waals surface area contributed by atoms with Gasteiger partial charge in [0, 0.05) is 0 Å². The fourth-order valence-electron chi connectivity index (χ4n) is 1.22. The van der Waals surface area contributed by atoms with Crippen molar-refractivity contribution in [3.63, 3.8) is 0 Å². The van der Waals surface area contributed by atoms with Gasteiger partial charge in [-0.2, -0.15) is 10.9 Å². The standard InChI is InChI=1S/C11H12S/c1-10-4-6-11(7-5-10)12-8-2-3-9-12/h2-9,12H,1H3. The maximum absolute atomic E-state index is 2.28. The summed E-state index contributed by atoms with van der Waals surface area (Å²) in [6, 6.07) is 8.80. The van der Waals surface area contributed by atoms with Crippen molar-refractivity contribution in [1.82, 2.24) is 0 Å². The number of thiol groups is 1. The summed E-state index contributed by atoms with van der Waals surface area (Å²) in [5, 5.41) is 4.56. The molecule has 0 amide bonds. The van der Waals surface area contributed by atoms with Crippen LogP contribution in [0, 0.1) is 6.92 Å². The van der Waals surface area contributed by atoms with E-state index in [1.165, 1.54) is 10.5 Å². The fourth-order valence-corrected chi connectivity index (χ4v) is 2.73. The Morgan fingerprint density at radius 2 is 1.50 bits per heavy atom. The van der Waals surface area contributed by atoms with E-state index in [0.717, 1.165) is 0 Å². The molecule has 0 spiro atoms. The van der Waals surface area contributed by atoms with Gasteiger partial charge in [0.15, 0.2) is 0 Å². The van der Waals surface area contributed by atoms with E-state index >= 15 is 0 Å². The predicted molar refractivity (Wildman–Crippen MR) is 56.7 cm³/mol. The topological polar surface area (TPSA) is 0 Å². The van der Waals surface area contributed by atoms with Crippen molar-refractivity contribution < 1.29 is 0 Å². The van der Waals surface area contributed by atoms with Crippen molar-refractivity contribution in [3.05, 3.63) is 52.8 Å². The molecule has 1 heterocycles. The van der Waals surface area contributed by atoms with Crippen LogP contribution >= 0.6 is 10.9 Å². The lowest BCUT2D eigenvalue weighted by Gasteiger charge is -2.09. The second kappa shape index (κ2) is 3.20. The lowest BCUT2D eigenvalue weighted by atomic mass is 10.2. The maximum atomic E-state index is 2.28. The highest BCUT2D eigenvalue weighted by atomic mass is 32.2. The van der Waals surface area contributed by atoms with E-state index in [1.807, 2.05) is 0 Å². The average molecular weight is 176 g/mol. The Hall–Kier alpha value is -0.950. The molecule has 1 aromatic rings. The second-order valence-corrected chi connectivity index (χ2v) is 4.85. The molecule has 0 radical (unpaired) electrons. The average Bonchev–Trinajstić information content (AvgIpc) is 2.58. The summed E-state index contributed by atoms with van der Waals surface area (Å²) in [6.45, 7) is 2.12. The molecule has 0 atom stereocenters. The molecule has 0 saturated heterocycles. The molecule has 1 aliphatic rings. The summed E-state index contributed by atoms with van der Waals surface area (Å²) < 4.78 is 0. The highest BCUT2D eigenvalue weighted by molar-refractivity contribution is 8.22. The van der Waals surface area contributed by atoms with Gasteiger partial charge >= 0.3 is 0 Å². The van der Waals surface area contributed by atoms with Crippen molar-refractivity contribution >= 4 is 10.9 Å². The van der Waals surface area contributed by atoms with Gasteiger partial charge in [-0.15, -0.1) is 0 Å². The van der Waals surface area contributed by atoms with Crippen molar-refractivity contribution in [2.24, 2.45) is 0 Å². The molecule has 12 heavy (non-hydrogen) atoms. The zero-order valence-electron chi connectivity index (χ0n) is 7.07. The number of rotatable bonds is 1. The highest BCUT2D eigenvalue weighted by Gasteiger charge is 2.00. The van der Waals surface area contributed by atoms with Crippen LogP contribution in [-0.2, 0) is 0 Å². The molecule has 0 fully saturated rings. The van der Waals surface area contributed by atoms with Gasteiger partial charge in [0.25, 0.3) is 0 Å². The van der Waals surface area contributed by atoms with E-state index in [2.05, 4.69) is 54.2 Å². The van der Waals surface area contributed by atoms with Gasteiger partial charge < -0.3 is 0 Å². The molecule has 0 nitrogen and oxygen atoms in total. The van der Waals surface area contributed by atoms with E-state index in [4.69, 9.17) is 0 Å². The zero-order valence-corrected chi connectivity index (χ0v) is 7.96. The van der Waals surface area contributed by atoms with Gasteiger partial charge in [0.2, 0.25) is 0 Å². The van der Waals surface area contributed by atoms with Gasteiger partial charge in [-0.25, -0.2) is 0 Å². The lowest BCUT2D eigenvalue weighted by Crippen LogP contribution is -1.75. The van der Waals surface area contributed by atoms with Crippen LogP contribution in [0.3, 0.4) is 0 Å². The second-order valence-electron chi connectivity index (χ2n) is 2.93. The molecule has 1 aromatic carbocycles. The minimum Gasteiger partial charge on any atom is -0.186 e. The van der Waals surface area contributed by atoms with Crippen molar-refractivity contribution in [2.75, 3.05) is 0 Å². The first kappa shape index (κ1) is 7.69. The van der Waals surface area contributed by atoms with Gasteiger partial charge in [0.1, 0.15) is 0 Å². The van der Waals surface area contributed by atoms with Crippen molar-refractivity contribution in [3.8, 4) is 0 Å². The van der Waals surface area contributed by atoms with Crippen molar-refractivity contribution in [2.45, 2.75) is 11.8 Å². The van der Waals surface area contributed by atoms with Crippen LogP contribution < -0.4 is 0 Å². The number of benzene rings is 1. The summed E-state index contributed by atoms with van der Waals surface area (Å²) in [5.41, 5.74) is 1.33. The molecule has 62 valence electrons. The summed E-state index contributed by atoms with van der Waals surface area (Å²) in [6.07, 6.45) is 4.26. The molecule has 2 rings (SSSR count). The third-order valence-corrected chi connectivity index (χ3v) is 3.82. The molecule has 0 aliphatic carbocycles. The minimum absolute atomic E-state index is 0.114. The number of hydrogen-bond donors (Lipinski definition) is 1. The van der Waals surface area contributed by atoms with E-state index < -0.39 is 0 Å². The fraction of sp³-hybridized carbons (Fsp3) is 0.0909. The van der Waals surface area contributed by atoms with E-state index in [0.29, 0.717) is 0 Å². The third kappa shape index (κ3) is 1.46. The van der Waals surface area contributed by atoms with Gasteiger partial charge in [-0.05, 0) is 34.8 Å². The predicted octanol–water partition coefficient (Wildman–Crippen LogP) is 3.40. The Labute approximate surface area is 76.0 Å². The van der Waals surface area contributed by atoms with E-state index in [-0.39, 0.29) is 10.9 Å². The minimum atomic E-state index is -0.114. The summed E-state index contributed by atoms with van der Waals surface area (Å²) in [5.74, 6) is 0. The maximum Gasteiger partial charge on any atom is -0.00550 e. The van der Waals surface area contributed by atoms with Crippen LogP contribution in [0.5, 0.6) is 0 Å². The molecule has 1 aliphatic heterocycles. The van der Waals surface area contributed by atoms with Crippen LogP contribution in [0.2, 0.25) is 0 Å². The smallest absolute Gasteiger partial charge is 0.00550 e. The summed E-state index contributed by atoms with van der Waals surface area (Å²) >= 11 is 0. The van der Waals surface area contributed by atoms with Crippen LogP contribution in [-0.4, -0.2) is 0 Å². The Bertz CT molecular complexity index is 307. The Morgan fingerprint density at radius 3 is 2.08 bits per heavy atom. The van der Waals surface area contributed by atoms with Crippen molar-refractivity contribution in [1.29, 1.82) is 0 Å². The first-order valence-electron chi connectivity index (χ1n) is 4.06. The first-order chi connectivity index (χ1) is 5.86. The Balaban J connectivity index is 2.29. The van der Waals surface area contributed by atoms with E-state index in [9.17, 15) is 0 Å². The van der Waals surface area contributed by atoms with E-state index in [1.54, 1.807) is 0 Å². The number of hydrogen-bond acceptors (Lipinski definition) is 0. The highest BCUT2D eigenvalue weighted by Crippen LogP contribution is 2.41. The molecule has 0 N–H and O–H groups in total. The van der Waals surface area contributed by atoms with Gasteiger partial charge in [-0.1, -0.05) is 29.8 Å². The molecular formula is C11H12S. The molecule has 0 unspecified atom stereocenters. The monoisotopic (exact) mass is 176 g/mol. The normalized spacial score (nSPS) is 17.2. The Morgan fingerprint density at radius 1 is 0.917 bits per heavy atom. The van der Waals surface area contributed by atoms with Crippen LogP contribution in [0.25, 0.3) is 0 Å². The zero-order chi connectivity index (χ0) is 8.39. The molecule has 0 bridgehead atoms. The summed E-state index contributed by atoms with van der Waals surface area (Å²) in [4.78, 5) is 1.44. The summed E-state index contributed by atoms with van der Waals surface area (Å²) in [7, 11) is -0.114. The van der Waals surface area contributed by atoms with Crippen LogP contribution in [0.15, 0.2) is 52.1 Å². The van der Waals surface area contributed by atoms with Crippen LogP contribution in [0.4, 0.5) is 0 Å². The molecule has 1 heteroatoms. The quantitative estimate of drug-likeness (QED) is 0.623. The van der Waals surface area contributed by atoms with Gasteiger partial charge in [0.05, 0.1) is 0 Å². The molecular weight excluding hydrogens is 164 g/mol. The first-order valence-corrected chi connectivity index (χ1v) is 5.54. The Kier molecular flexibility index (Phi) is 2.05.